The fourth-order valence-electron chi connectivity index (χ4n) is 2.07. The first-order valence-electron chi connectivity index (χ1n) is 7.29. The fraction of sp³-hybridized carbons (Fsp3) is 0.312. The van der Waals surface area contributed by atoms with Crippen molar-refractivity contribution < 1.29 is 8.68 Å². The topological polar surface area (TPSA) is 3.88 Å². The van der Waals surface area contributed by atoms with E-state index < -0.39 is 6.85 Å². The summed E-state index contributed by atoms with van der Waals surface area (Å²) in [7, 11) is 1.82. The third-order valence-electron chi connectivity index (χ3n) is 3.12. The Morgan fingerprint density at radius 1 is 1.00 bits per heavy atom. The molecule has 0 bridgehead atoms. The molecule has 1 aromatic carbocycles. The van der Waals surface area contributed by atoms with Crippen LogP contribution in [0.15, 0.2) is 30.3 Å². The van der Waals surface area contributed by atoms with Gasteiger partial charge in [0.1, 0.15) is 7.05 Å². The van der Waals surface area contributed by atoms with Gasteiger partial charge in [-0.05, 0) is 38.0 Å². The van der Waals surface area contributed by atoms with E-state index >= 15 is 0 Å². The monoisotopic (exact) mass is 229 g/mol. The Morgan fingerprint density at radius 2 is 1.76 bits per heavy atom. The Labute approximate surface area is 108 Å². The molecule has 0 aliphatic heterocycles. The minimum Gasteiger partial charge on any atom is -0.199 e. The zero-order valence-corrected chi connectivity index (χ0v) is 10.8. The van der Waals surface area contributed by atoms with Gasteiger partial charge in [-0.3, -0.25) is 0 Å². The Hall–Kier alpha value is -1.63. The fourth-order valence-corrected chi connectivity index (χ4v) is 2.07. The summed E-state index contributed by atoms with van der Waals surface area (Å²) in [6.07, 6.45) is 0. The summed E-state index contributed by atoms with van der Waals surface area (Å²) >= 11 is 0. The molecule has 1 heteroatoms. The highest BCUT2D eigenvalue weighted by atomic mass is 14.9. The number of hydrogen-bond acceptors (Lipinski definition) is 0. The third-order valence-corrected chi connectivity index (χ3v) is 3.12. The molecular formula is C16H20N+. The zero-order chi connectivity index (χ0) is 15.1. The van der Waals surface area contributed by atoms with Crippen molar-refractivity contribution in [2.24, 2.45) is 7.05 Å². The van der Waals surface area contributed by atoms with Crippen molar-refractivity contribution in [1.82, 2.24) is 0 Å². The van der Waals surface area contributed by atoms with Gasteiger partial charge in [0, 0.05) is 28.7 Å². The van der Waals surface area contributed by atoms with Gasteiger partial charge in [-0.15, -0.1) is 0 Å². The molecule has 0 aliphatic carbocycles. The smallest absolute Gasteiger partial charge is 0.199 e. The van der Waals surface area contributed by atoms with Crippen LogP contribution in [0.1, 0.15) is 26.5 Å². The molecule has 1 aromatic heterocycles. The van der Waals surface area contributed by atoms with Crippen molar-refractivity contribution in [2.75, 3.05) is 0 Å². The van der Waals surface area contributed by atoms with Gasteiger partial charge in [-0.1, -0.05) is 17.7 Å². The van der Waals surface area contributed by atoms with Crippen LogP contribution in [-0.4, -0.2) is 0 Å². The molecule has 0 saturated heterocycles. The molecular weight excluding hydrogens is 206 g/mol. The van der Waals surface area contributed by atoms with E-state index in [0.29, 0.717) is 5.69 Å². The number of rotatable bonds is 1. The van der Waals surface area contributed by atoms with E-state index in [1.165, 1.54) is 5.56 Å². The van der Waals surface area contributed by atoms with Crippen molar-refractivity contribution in [1.29, 1.82) is 0 Å². The van der Waals surface area contributed by atoms with Gasteiger partial charge in [0.2, 0.25) is 5.69 Å². The summed E-state index contributed by atoms with van der Waals surface area (Å²) in [5, 5.41) is 0. The lowest BCUT2D eigenvalue weighted by atomic mass is 10.0. The molecule has 0 unspecified atom stereocenters. The lowest BCUT2D eigenvalue weighted by Crippen LogP contribution is -2.35. The maximum atomic E-state index is 7.68. The minimum atomic E-state index is -2.10. The molecule has 0 amide bonds. The summed E-state index contributed by atoms with van der Waals surface area (Å²) in [6, 6.07) is 10.0. The SMILES string of the molecule is [2H]C([2H])([2H])c1cc(C)cc(-c2cc(C)ccc2C)[n+]1C. The van der Waals surface area contributed by atoms with Crippen LogP contribution in [0.5, 0.6) is 0 Å². The number of nitrogens with zero attached hydrogens (tertiary/aromatic N) is 1. The highest BCUT2D eigenvalue weighted by molar-refractivity contribution is 5.62. The molecule has 2 rings (SSSR count). The van der Waals surface area contributed by atoms with Crippen LogP contribution in [0.4, 0.5) is 0 Å². The summed E-state index contributed by atoms with van der Waals surface area (Å²) < 4.78 is 24.8. The lowest BCUT2D eigenvalue weighted by Gasteiger charge is -2.08. The van der Waals surface area contributed by atoms with Gasteiger partial charge in [-0.25, -0.2) is 0 Å². The van der Waals surface area contributed by atoms with E-state index in [-0.39, 0.29) is 0 Å². The average molecular weight is 229 g/mol. The van der Waals surface area contributed by atoms with Crippen molar-refractivity contribution in [3.8, 4) is 11.3 Å². The van der Waals surface area contributed by atoms with Crippen LogP contribution in [-0.2, 0) is 7.05 Å². The van der Waals surface area contributed by atoms with E-state index in [4.69, 9.17) is 4.11 Å². The average Bonchev–Trinajstić information content (AvgIpc) is 2.33. The van der Waals surface area contributed by atoms with Gasteiger partial charge >= 0.3 is 0 Å². The van der Waals surface area contributed by atoms with Gasteiger partial charge in [0.05, 0.1) is 0 Å². The van der Waals surface area contributed by atoms with E-state index in [0.717, 1.165) is 22.4 Å². The molecule has 0 fully saturated rings. The summed E-state index contributed by atoms with van der Waals surface area (Å²) in [4.78, 5) is 0. The first-order chi connectivity index (χ1) is 9.20. The Morgan fingerprint density at radius 3 is 2.47 bits per heavy atom. The van der Waals surface area contributed by atoms with Crippen LogP contribution >= 0.6 is 0 Å². The summed E-state index contributed by atoms with van der Waals surface area (Å²) in [6.45, 7) is 3.92. The highest BCUT2D eigenvalue weighted by Crippen LogP contribution is 2.22. The van der Waals surface area contributed by atoms with Crippen LogP contribution < -0.4 is 4.57 Å². The first kappa shape index (κ1) is 8.46. The standard InChI is InChI=1S/C16H20N/c1-11-6-7-13(3)15(9-11)16-10-12(2)8-14(4)17(16)5/h6-10H,1-5H3/q+1/i4D3. The highest BCUT2D eigenvalue weighted by Gasteiger charge is 2.15. The molecule has 17 heavy (non-hydrogen) atoms. The Balaban J connectivity index is 2.75. The second-order valence-electron chi connectivity index (χ2n) is 4.68. The van der Waals surface area contributed by atoms with Gasteiger partial charge in [-0.2, -0.15) is 4.57 Å². The van der Waals surface area contributed by atoms with E-state index in [1.807, 2.05) is 33.9 Å². The molecule has 0 spiro atoms. The number of pyridine rings is 1. The maximum Gasteiger partial charge on any atom is 0.212 e. The second kappa shape index (κ2) is 4.33. The van der Waals surface area contributed by atoms with Crippen molar-refractivity contribution in [3.63, 3.8) is 0 Å². The molecule has 2 aromatic rings. The van der Waals surface area contributed by atoms with Gasteiger partial charge < -0.3 is 0 Å². The molecule has 0 atom stereocenters. The second-order valence-corrected chi connectivity index (χ2v) is 4.68. The molecule has 0 radical (unpaired) electrons. The molecule has 0 aliphatic rings. The predicted octanol–water partition coefficient (Wildman–Crippen LogP) is 3.41. The van der Waals surface area contributed by atoms with Crippen LogP contribution in [0, 0.1) is 27.6 Å². The Bertz CT molecular complexity index is 658. The number of aryl methyl sites for hydroxylation is 4. The summed E-state index contributed by atoms with van der Waals surface area (Å²) in [5.41, 5.74) is 5.67. The summed E-state index contributed by atoms with van der Waals surface area (Å²) in [5.74, 6) is 0. The van der Waals surface area contributed by atoms with E-state index in [2.05, 4.69) is 18.2 Å². The minimum absolute atomic E-state index is 0.369. The van der Waals surface area contributed by atoms with E-state index in [1.54, 1.807) is 10.6 Å². The van der Waals surface area contributed by atoms with Crippen molar-refractivity contribution >= 4 is 0 Å². The molecule has 88 valence electrons. The van der Waals surface area contributed by atoms with E-state index in [9.17, 15) is 0 Å². The molecule has 0 N–H and O–H groups in total. The number of benzene rings is 1. The van der Waals surface area contributed by atoms with Crippen LogP contribution in [0.25, 0.3) is 11.3 Å². The Kier molecular flexibility index (Phi) is 2.15. The van der Waals surface area contributed by atoms with Gasteiger partial charge in [0.15, 0.2) is 5.69 Å². The largest absolute Gasteiger partial charge is 0.212 e. The zero-order valence-electron chi connectivity index (χ0n) is 13.8. The lowest BCUT2D eigenvalue weighted by molar-refractivity contribution is -0.666. The number of aromatic nitrogens is 1. The molecule has 1 heterocycles. The molecule has 1 nitrogen and oxygen atoms in total. The first-order valence-corrected chi connectivity index (χ1v) is 5.79. The quantitative estimate of drug-likeness (QED) is 0.660. The van der Waals surface area contributed by atoms with Crippen molar-refractivity contribution in [3.05, 3.63) is 52.7 Å². The third kappa shape index (κ3) is 2.23. The maximum absolute atomic E-state index is 7.68. The van der Waals surface area contributed by atoms with Crippen LogP contribution in [0.2, 0.25) is 0 Å². The predicted molar refractivity (Wildman–Crippen MR) is 72.0 cm³/mol. The normalized spacial score (nSPS) is 14.0. The molecule has 0 saturated carbocycles. The van der Waals surface area contributed by atoms with Crippen molar-refractivity contribution in [2.45, 2.75) is 27.6 Å². The van der Waals surface area contributed by atoms with Crippen LogP contribution in [0.3, 0.4) is 0 Å². The van der Waals surface area contributed by atoms with Gasteiger partial charge in [0.25, 0.3) is 0 Å². The number of hydrogen-bond donors (Lipinski definition) is 0.